The van der Waals surface area contributed by atoms with Crippen LogP contribution in [0.1, 0.15) is 38.8 Å². The van der Waals surface area contributed by atoms with E-state index in [0.717, 1.165) is 11.1 Å². The Morgan fingerprint density at radius 3 is 2.39 bits per heavy atom. The van der Waals surface area contributed by atoms with E-state index in [9.17, 15) is 14.4 Å². The quantitative estimate of drug-likeness (QED) is 0.797. The molecule has 1 aliphatic rings. The molecule has 1 aliphatic heterocycles. The zero-order chi connectivity index (χ0) is 22.6. The van der Waals surface area contributed by atoms with Crippen molar-refractivity contribution in [2.24, 2.45) is 10.4 Å². The highest BCUT2D eigenvalue weighted by Gasteiger charge is 2.35. The summed E-state index contributed by atoms with van der Waals surface area (Å²) in [7, 11) is 0. The number of fused-ring (bicyclic) bond motifs is 1. The van der Waals surface area contributed by atoms with Crippen molar-refractivity contribution in [2.75, 3.05) is 11.4 Å². The van der Waals surface area contributed by atoms with Gasteiger partial charge in [0.05, 0.1) is 12.2 Å². The molecule has 0 aromatic heterocycles. The highest BCUT2D eigenvalue weighted by molar-refractivity contribution is 6.13. The second-order valence-electron chi connectivity index (χ2n) is 8.44. The normalized spacial score (nSPS) is 16.1. The average Bonchev–Trinajstić information content (AvgIpc) is 2.83. The summed E-state index contributed by atoms with van der Waals surface area (Å²) < 4.78 is 5.25. The van der Waals surface area contributed by atoms with Gasteiger partial charge in [-0.15, -0.1) is 0 Å². The molecule has 7 heteroatoms. The highest BCUT2D eigenvalue weighted by atomic mass is 16.5. The maximum Gasteiger partial charge on any atom is 0.409 e. The fourth-order valence-electron chi connectivity index (χ4n) is 3.11. The summed E-state index contributed by atoms with van der Waals surface area (Å²) in [4.78, 5) is 44.2. The predicted molar refractivity (Wildman–Crippen MR) is 119 cm³/mol. The number of aliphatic imine (C=N–C) groups is 1. The van der Waals surface area contributed by atoms with Crippen molar-refractivity contribution in [3.05, 3.63) is 65.7 Å². The lowest BCUT2D eigenvalue weighted by molar-refractivity contribution is -0.127. The number of hydrogen-bond acceptors (Lipinski definition) is 5. The molecule has 1 N–H and O–H groups in total. The Morgan fingerprint density at radius 1 is 1.06 bits per heavy atom. The summed E-state index contributed by atoms with van der Waals surface area (Å²) in [6.45, 7) is 7.15. The lowest BCUT2D eigenvalue weighted by Crippen LogP contribution is -2.50. The SMILES string of the molecule is CC1=NC(NC(=O)OCc2ccccc2)C(=O)N(CC(=O)C(C)(C)C)c2ccccc21. The molecule has 3 rings (SSSR count). The number of nitrogens with one attached hydrogen (secondary N) is 1. The van der Waals surface area contributed by atoms with E-state index in [1.54, 1.807) is 19.1 Å². The van der Waals surface area contributed by atoms with Crippen LogP contribution in [0, 0.1) is 5.41 Å². The molecule has 0 saturated heterocycles. The Kier molecular flexibility index (Phi) is 6.53. The number of amides is 2. The van der Waals surface area contributed by atoms with E-state index in [-0.39, 0.29) is 18.9 Å². The van der Waals surface area contributed by atoms with Gasteiger partial charge in [0.2, 0.25) is 6.17 Å². The second kappa shape index (κ2) is 9.12. The fourth-order valence-corrected chi connectivity index (χ4v) is 3.11. The van der Waals surface area contributed by atoms with Gasteiger partial charge in [-0.1, -0.05) is 69.3 Å². The number of benzodiazepines with no additional fused rings is 1. The minimum atomic E-state index is -1.19. The van der Waals surface area contributed by atoms with Crippen molar-refractivity contribution in [1.82, 2.24) is 5.32 Å². The molecule has 1 atom stereocenters. The number of ketones is 1. The minimum Gasteiger partial charge on any atom is -0.445 e. The van der Waals surface area contributed by atoms with Crippen LogP contribution in [0.2, 0.25) is 0 Å². The van der Waals surface area contributed by atoms with Crippen LogP contribution in [0.3, 0.4) is 0 Å². The van der Waals surface area contributed by atoms with Crippen molar-refractivity contribution in [3.8, 4) is 0 Å². The molecule has 0 fully saturated rings. The Balaban J connectivity index is 1.82. The van der Waals surface area contributed by atoms with Crippen molar-refractivity contribution >= 4 is 29.2 Å². The van der Waals surface area contributed by atoms with Crippen LogP contribution in [-0.2, 0) is 20.9 Å². The maximum atomic E-state index is 13.3. The van der Waals surface area contributed by atoms with Crippen molar-refractivity contribution < 1.29 is 19.1 Å². The molecule has 2 aromatic rings. The third kappa shape index (κ3) is 5.36. The average molecular weight is 421 g/mol. The van der Waals surface area contributed by atoms with Crippen LogP contribution in [0.4, 0.5) is 10.5 Å². The van der Waals surface area contributed by atoms with Gasteiger partial charge < -0.3 is 9.64 Å². The Bertz CT molecular complexity index is 1010. The summed E-state index contributed by atoms with van der Waals surface area (Å²) in [6.07, 6.45) is -1.95. The van der Waals surface area contributed by atoms with Crippen LogP contribution in [0.25, 0.3) is 0 Å². The van der Waals surface area contributed by atoms with Crippen LogP contribution in [0.5, 0.6) is 0 Å². The van der Waals surface area contributed by atoms with Gasteiger partial charge in [0.1, 0.15) is 6.61 Å². The zero-order valence-electron chi connectivity index (χ0n) is 18.2. The van der Waals surface area contributed by atoms with E-state index in [1.165, 1.54) is 4.90 Å². The van der Waals surface area contributed by atoms with Crippen LogP contribution >= 0.6 is 0 Å². The first-order valence-corrected chi connectivity index (χ1v) is 10.1. The first kappa shape index (κ1) is 22.2. The number of carbonyl (C=O) groups excluding carboxylic acids is 3. The van der Waals surface area contributed by atoms with E-state index in [0.29, 0.717) is 11.4 Å². The van der Waals surface area contributed by atoms with Gasteiger partial charge in [-0.3, -0.25) is 19.9 Å². The monoisotopic (exact) mass is 421 g/mol. The van der Waals surface area contributed by atoms with Gasteiger partial charge in [-0.05, 0) is 18.6 Å². The highest BCUT2D eigenvalue weighted by Crippen LogP contribution is 2.27. The molecule has 1 heterocycles. The number of carbonyl (C=O) groups is 3. The van der Waals surface area contributed by atoms with E-state index in [1.807, 2.05) is 63.2 Å². The minimum absolute atomic E-state index is 0.0722. The van der Waals surface area contributed by atoms with Gasteiger partial charge in [0.15, 0.2) is 5.78 Å². The van der Waals surface area contributed by atoms with E-state index in [2.05, 4.69) is 10.3 Å². The van der Waals surface area contributed by atoms with Crippen LogP contribution in [-0.4, -0.2) is 36.2 Å². The number of hydrogen-bond donors (Lipinski definition) is 1. The standard InChI is InChI=1S/C24H27N3O4/c1-16-18-12-8-9-13-19(18)27(14-20(28)24(2,3)4)22(29)21(25-16)26-23(30)31-15-17-10-6-5-7-11-17/h5-13,21H,14-15H2,1-4H3,(H,26,30). The summed E-state index contributed by atoms with van der Waals surface area (Å²) in [5, 5.41) is 2.53. The summed E-state index contributed by atoms with van der Waals surface area (Å²) in [6, 6.07) is 16.5. The predicted octanol–water partition coefficient (Wildman–Crippen LogP) is 3.71. The molecule has 2 amide bonds. The maximum absolute atomic E-state index is 13.3. The molecule has 2 aromatic carbocycles. The summed E-state index contributed by atoms with van der Waals surface area (Å²) >= 11 is 0. The number of para-hydroxylation sites is 1. The third-order valence-electron chi connectivity index (χ3n) is 5.01. The Hall–Kier alpha value is -3.48. The van der Waals surface area contributed by atoms with Gasteiger partial charge >= 0.3 is 6.09 Å². The molecule has 1 unspecified atom stereocenters. The van der Waals surface area contributed by atoms with Crippen molar-refractivity contribution in [2.45, 2.75) is 40.5 Å². The third-order valence-corrected chi connectivity index (χ3v) is 5.01. The number of alkyl carbamates (subject to hydrolysis) is 1. The number of rotatable bonds is 5. The van der Waals surface area contributed by atoms with Gasteiger partial charge in [0.25, 0.3) is 5.91 Å². The van der Waals surface area contributed by atoms with Gasteiger partial charge in [0, 0.05) is 16.7 Å². The fraction of sp³-hybridized carbons (Fsp3) is 0.333. The van der Waals surface area contributed by atoms with E-state index >= 15 is 0 Å². The van der Waals surface area contributed by atoms with Gasteiger partial charge in [-0.25, -0.2) is 4.79 Å². The Labute approximate surface area is 182 Å². The smallest absolute Gasteiger partial charge is 0.409 e. The molecule has 0 aliphatic carbocycles. The molecular weight excluding hydrogens is 394 g/mol. The van der Waals surface area contributed by atoms with Gasteiger partial charge in [-0.2, -0.15) is 0 Å². The lowest BCUT2D eigenvalue weighted by Gasteiger charge is -2.27. The van der Waals surface area contributed by atoms with E-state index < -0.39 is 23.6 Å². The van der Waals surface area contributed by atoms with Crippen LogP contribution < -0.4 is 10.2 Å². The first-order valence-electron chi connectivity index (χ1n) is 10.1. The van der Waals surface area contributed by atoms with Crippen molar-refractivity contribution in [1.29, 1.82) is 0 Å². The van der Waals surface area contributed by atoms with E-state index in [4.69, 9.17) is 4.74 Å². The zero-order valence-corrected chi connectivity index (χ0v) is 18.2. The number of anilines is 1. The number of ether oxygens (including phenoxy) is 1. The molecule has 0 saturated carbocycles. The Morgan fingerprint density at radius 2 is 1.71 bits per heavy atom. The topological polar surface area (TPSA) is 88.1 Å². The summed E-state index contributed by atoms with van der Waals surface area (Å²) in [5.74, 6) is -0.584. The molecule has 0 radical (unpaired) electrons. The lowest BCUT2D eigenvalue weighted by atomic mass is 9.90. The molecule has 0 spiro atoms. The van der Waals surface area contributed by atoms with Crippen LogP contribution in [0.15, 0.2) is 59.6 Å². The molecule has 162 valence electrons. The summed E-state index contributed by atoms with van der Waals surface area (Å²) in [5.41, 5.74) is 2.12. The van der Waals surface area contributed by atoms with Crippen molar-refractivity contribution in [3.63, 3.8) is 0 Å². The number of nitrogens with zero attached hydrogens (tertiary/aromatic N) is 2. The molecule has 0 bridgehead atoms. The molecule has 31 heavy (non-hydrogen) atoms. The molecular formula is C24H27N3O4. The number of benzene rings is 2. The second-order valence-corrected chi connectivity index (χ2v) is 8.44. The largest absolute Gasteiger partial charge is 0.445 e. The molecule has 7 nitrogen and oxygen atoms in total. The first-order chi connectivity index (χ1) is 14.7. The number of Topliss-reactive ketones (excluding diaryl/α,β-unsaturated/α-hetero) is 1.